The smallest absolute Gasteiger partial charge is 0.0338 e. The minimum Gasteiger partial charge on any atom is -0.0338 e. The van der Waals surface area contributed by atoms with Gasteiger partial charge in [-0.15, -0.1) is 0 Å². The average molecular weight is 117 g/mol. The molecule has 0 saturated carbocycles. The molecule has 2 heteroatoms. The van der Waals surface area contributed by atoms with Crippen LogP contribution in [0.3, 0.4) is 0 Å². The second-order valence-corrected chi connectivity index (χ2v) is 3.18. The number of hydrogen-bond donors (Lipinski definition) is 0. The van der Waals surface area contributed by atoms with E-state index in [1.165, 1.54) is 5.56 Å². The third-order valence-corrected chi connectivity index (χ3v) is 2.48. The van der Waals surface area contributed by atoms with Crippen LogP contribution in [-0.2, 0) is 0 Å². The van der Waals surface area contributed by atoms with Gasteiger partial charge in [0.2, 0.25) is 5.38 Å². The van der Waals surface area contributed by atoms with Gasteiger partial charge < -0.3 is 0 Å². The van der Waals surface area contributed by atoms with Crippen molar-refractivity contribution in [1.29, 1.82) is 0 Å². The summed E-state index contributed by atoms with van der Waals surface area (Å²) in [4.78, 5) is 0. The van der Waals surface area contributed by atoms with Crippen LogP contribution in [0.2, 0.25) is 0 Å². The zero-order valence-electron chi connectivity index (χ0n) is 3.47. The van der Waals surface area contributed by atoms with Crippen molar-refractivity contribution in [3.05, 3.63) is 16.3 Å². The van der Waals surface area contributed by atoms with E-state index in [0.29, 0.717) is 0 Å². The minimum absolute atomic E-state index is 1.38. The molecule has 0 aliphatic carbocycles. The molecular formula is C4H5S2+. The van der Waals surface area contributed by atoms with E-state index in [4.69, 9.17) is 0 Å². The Balaban J connectivity index is 3.05. The lowest BCUT2D eigenvalue weighted by Crippen LogP contribution is -1.46. The van der Waals surface area contributed by atoms with Gasteiger partial charge in [0.05, 0.1) is 5.38 Å². The van der Waals surface area contributed by atoms with Crippen molar-refractivity contribution < 1.29 is 0 Å². The summed E-state index contributed by atoms with van der Waals surface area (Å²) in [6.07, 6.45) is 0. The Hall–Kier alpha value is 0.0500. The molecule has 0 N–H and O–H groups in total. The topological polar surface area (TPSA) is 0 Å². The first-order valence-corrected chi connectivity index (χ1v) is 3.99. The summed E-state index contributed by atoms with van der Waals surface area (Å²) in [6.45, 7) is 2.10. The Kier molecular flexibility index (Phi) is 1.17. The van der Waals surface area contributed by atoms with Crippen molar-refractivity contribution in [1.82, 2.24) is 0 Å². The zero-order chi connectivity index (χ0) is 4.41. The SMILES string of the molecule is Cc1cs[s+]c1. The first-order chi connectivity index (χ1) is 2.89. The van der Waals surface area contributed by atoms with Gasteiger partial charge in [-0.1, -0.05) is 0 Å². The first-order valence-electron chi connectivity index (χ1n) is 1.72. The Morgan fingerprint density at radius 2 is 2.67 bits per heavy atom. The molecule has 0 amide bonds. The van der Waals surface area contributed by atoms with Gasteiger partial charge in [0.15, 0.2) is 10.3 Å². The standard InChI is InChI=1S/C4H5S2/c1-4-2-5-6-3-4/h2-3H,1H3/q+1. The van der Waals surface area contributed by atoms with E-state index in [1.807, 2.05) is 0 Å². The molecule has 0 nitrogen and oxygen atoms in total. The molecule has 0 aliphatic heterocycles. The largest absolute Gasteiger partial charge is 0.291 e. The van der Waals surface area contributed by atoms with Crippen molar-refractivity contribution in [3.63, 3.8) is 0 Å². The van der Waals surface area contributed by atoms with Crippen molar-refractivity contribution in [2.75, 3.05) is 0 Å². The van der Waals surface area contributed by atoms with Gasteiger partial charge in [-0.25, -0.2) is 0 Å². The molecule has 0 aliphatic rings. The van der Waals surface area contributed by atoms with E-state index in [-0.39, 0.29) is 0 Å². The van der Waals surface area contributed by atoms with E-state index in [1.54, 1.807) is 20.7 Å². The van der Waals surface area contributed by atoms with Crippen LogP contribution in [0.4, 0.5) is 0 Å². The quantitative estimate of drug-likeness (QED) is 0.361. The molecule has 1 aromatic rings. The fourth-order valence-electron chi connectivity index (χ4n) is 0.235. The Bertz CT molecular complexity index is 109. The molecule has 0 radical (unpaired) electrons. The van der Waals surface area contributed by atoms with Crippen LogP contribution in [0.5, 0.6) is 0 Å². The van der Waals surface area contributed by atoms with Crippen molar-refractivity contribution >= 4 is 20.7 Å². The van der Waals surface area contributed by atoms with E-state index < -0.39 is 0 Å². The maximum atomic E-state index is 2.14. The molecule has 0 saturated heterocycles. The average Bonchev–Trinajstić information content (AvgIpc) is 1.86. The zero-order valence-corrected chi connectivity index (χ0v) is 5.10. The van der Waals surface area contributed by atoms with E-state index in [0.717, 1.165) is 0 Å². The van der Waals surface area contributed by atoms with E-state index in [9.17, 15) is 0 Å². The summed E-state index contributed by atoms with van der Waals surface area (Å²) in [6, 6.07) is 0. The predicted octanol–water partition coefficient (Wildman–Crippen LogP) is 2.40. The molecular weight excluding hydrogens is 112 g/mol. The molecule has 1 aromatic heterocycles. The summed E-state index contributed by atoms with van der Waals surface area (Å²) < 4.78 is 0. The van der Waals surface area contributed by atoms with E-state index >= 15 is 0 Å². The Morgan fingerprint density at radius 3 is 2.83 bits per heavy atom. The predicted molar refractivity (Wildman–Crippen MR) is 31.3 cm³/mol. The van der Waals surface area contributed by atoms with Gasteiger partial charge in [0, 0.05) is 5.56 Å². The lowest BCUT2D eigenvalue weighted by atomic mass is 10.5. The third kappa shape index (κ3) is 0.758. The lowest BCUT2D eigenvalue weighted by molar-refractivity contribution is 1.58. The summed E-state index contributed by atoms with van der Waals surface area (Å²) in [5.74, 6) is 0. The molecule has 1 heterocycles. The highest BCUT2D eigenvalue weighted by molar-refractivity contribution is 7.68. The fraction of sp³-hybridized carbons (Fsp3) is 0.250. The van der Waals surface area contributed by atoms with Gasteiger partial charge in [-0.3, -0.25) is 0 Å². The molecule has 0 aromatic carbocycles. The molecule has 0 fully saturated rings. The number of aryl methyl sites for hydroxylation is 1. The maximum absolute atomic E-state index is 2.14. The van der Waals surface area contributed by atoms with Crippen LogP contribution in [0.1, 0.15) is 5.56 Å². The maximum Gasteiger partial charge on any atom is 0.291 e. The normalized spacial score (nSPS) is 8.83. The number of hydrogen-bond acceptors (Lipinski definition) is 1. The minimum atomic E-state index is 1.38. The highest BCUT2D eigenvalue weighted by Gasteiger charge is 1.90. The molecule has 0 atom stereocenters. The Morgan fingerprint density at radius 1 is 1.83 bits per heavy atom. The first kappa shape index (κ1) is 4.22. The van der Waals surface area contributed by atoms with Crippen LogP contribution >= 0.6 is 20.7 Å². The Labute approximate surface area is 44.5 Å². The second-order valence-electron chi connectivity index (χ2n) is 1.17. The fourth-order valence-corrected chi connectivity index (χ4v) is 2.12. The summed E-state index contributed by atoms with van der Waals surface area (Å²) in [7, 11) is 3.56. The van der Waals surface area contributed by atoms with Gasteiger partial charge in [-0.2, -0.15) is 0 Å². The lowest BCUT2D eigenvalue weighted by Gasteiger charge is -1.56. The van der Waals surface area contributed by atoms with Crippen molar-refractivity contribution in [3.8, 4) is 0 Å². The van der Waals surface area contributed by atoms with Crippen LogP contribution < -0.4 is 0 Å². The van der Waals surface area contributed by atoms with Gasteiger partial charge in [-0.05, 0) is 6.92 Å². The summed E-state index contributed by atoms with van der Waals surface area (Å²) in [5.41, 5.74) is 1.38. The van der Waals surface area contributed by atoms with Crippen LogP contribution in [0.15, 0.2) is 10.8 Å². The third-order valence-electron chi connectivity index (χ3n) is 0.524. The highest BCUT2D eigenvalue weighted by atomic mass is 32.9. The van der Waals surface area contributed by atoms with Crippen LogP contribution in [0, 0.1) is 6.92 Å². The van der Waals surface area contributed by atoms with Crippen LogP contribution in [0.25, 0.3) is 0 Å². The molecule has 0 bridgehead atoms. The molecule has 32 valence electrons. The molecule has 0 spiro atoms. The van der Waals surface area contributed by atoms with E-state index in [2.05, 4.69) is 17.7 Å². The molecule has 6 heavy (non-hydrogen) atoms. The summed E-state index contributed by atoms with van der Waals surface area (Å²) >= 11 is 0. The van der Waals surface area contributed by atoms with Gasteiger partial charge >= 0.3 is 0 Å². The molecule has 1 rings (SSSR count). The van der Waals surface area contributed by atoms with Gasteiger partial charge in [0.25, 0.3) is 10.3 Å². The van der Waals surface area contributed by atoms with Crippen molar-refractivity contribution in [2.45, 2.75) is 6.92 Å². The number of rotatable bonds is 0. The monoisotopic (exact) mass is 117 g/mol. The van der Waals surface area contributed by atoms with Crippen molar-refractivity contribution in [2.24, 2.45) is 0 Å². The van der Waals surface area contributed by atoms with Gasteiger partial charge in [0.1, 0.15) is 0 Å². The van der Waals surface area contributed by atoms with Crippen LogP contribution in [-0.4, -0.2) is 0 Å². The second kappa shape index (κ2) is 1.67. The highest BCUT2D eigenvalue weighted by Crippen LogP contribution is 2.10. The molecule has 0 unspecified atom stereocenters. The summed E-state index contributed by atoms with van der Waals surface area (Å²) in [5, 5.41) is 4.29.